The van der Waals surface area contributed by atoms with E-state index < -0.39 is 5.97 Å². The Morgan fingerprint density at radius 1 is 1.46 bits per heavy atom. The number of nitrogens with zero attached hydrogens (tertiary/aromatic N) is 2. The summed E-state index contributed by atoms with van der Waals surface area (Å²) in [7, 11) is 0. The van der Waals surface area contributed by atoms with E-state index in [2.05, 4.69) is 15.3 Å². The van der Waals surface area contributed by atoms with Gasteiger partial charge in [0, 0.05) is 23.6 Å². The van der Waals surface area contributed by atoms with Crippen molar-refractivity contribution in [2.45, 2.75) is 19.4 Å². The minimum atomic E-state index is -1.02. The highest BCUT2D eigenvalue weighted by atomic mass is 32.2. The van der Waals surface area contributed by atoms with Gasteiger partial charge in [-0.2, -0.15) is 11.8 Å². The van der Waals surface area contributed by atoms with Crippen molar-refractivity contribution in [3.63, 3.8) is 0 Å². The molecule has 1 saturated heterocycles. The first-order chi connectivity index (χ1) is 11.7. The largest absolute Gasteiger partial charge is 0.493 e. The maximum absolute atomic E-state index is 11.4. The van der Waals surface area contributed by atoms with Gasteiger partial charge in [-0.1, -0.05) is 0 Å². The summed E-state index contributed by atoms with van der Waals surface area (Å²) < 4.78 is 5.37. The molecule has 2 N–H and O–H groups in total. The number of rotatable bonds is 6. The molecule has 0 amide bonds. The predicted octanol–water partition coefficient (Wildman–Crippen LogP) is 3.16. The van der Waals surface area contributed by atoms with Crippen molar-refractivity contribution in [3.05, 3.63) is 36.0 Å². The molecule has 6 nitrogen and oxygen atoms in total. The highest BCUT2D eigenvalue weighted by Gasteiger charge is 2.17. The zero-order valence-corrected chi connectivity index (χ0v) is 14.2. The minimum absolute atomic E-state index is 0.134. The number of hydrogen-bond donors (Lipinski definition) is 2. The van der Waals surface area contributed by atoms with Crippen molar-refractivity contribution in [2.75, 3.05) is 23.4 Å². The molecule has 1 aromatic carbocycles. The molecule has 2 aromatic rings. The Kier molecular flexibility index (Phi) is 5.20. The maximum atomic E-state index is 11.4. The zero-order chi connectivity index (χ0) is 16.9. The third kappa shape index (κ3) is 3.79. The molecule has 1 aromatic heterocycles. The molecule has 1 aliphatic rings. The van der Waals surface area contributed by atoms with Crippen LogP contribution in [-0.2, 0) is 0 Å². The molecular weight excluding hydrogens is 326 g/mol. The lowest BCUT2D eigenvalue weighted by Crippen LogP contribution is -2.19. The summed E-state index contributed by atoms with van der Waals surface area (Å²) >= 11 is 1.92. The summed E-state index contributed by atoms with van der Waals surface area (Å²) in [5.74, 6) is 2.13. The lowest BCUT2D eigenvalue weighted by atomic mass is 10.1. The fraction of sp³-hybridized carbons (Fsp3) is 0.353. The van der Waals surface area contributed by atoms with Gasteiger partial charge in [0.1, 0.15) is 11.3 Å². The van der Waals surface area contributed by atoms with E-state index >= 15 is 0 Å². The highest BCUT2D eigenvalue weighted by Crippen LogP contribution is 2.27. The van der Waals surface area contributed by atoms with Crippen LogP contribution < -0.4 is 10.1 Å². The van der Waals surface area contributed by atoms with Gasteiger partial charge in [0.15, 0.2) is 0 Å². The Balaban J connectivity index is 1.87. The monoisotopic (exact) mass is 345 g/mol. The first kappa shape index (κ1) is 16.6. The number of carboxylic acid groups (broad SMARTS) is 1. The van der Waals surface area contributed by atoms with Crippen LogP contribution in [0.15, 0.2) is 30.5 Å². The van der Waals surface area contributed by atoms with E-state index in [1.165, 1.54) is 0 Å². The highest BCUT2D eigenvalue weighted by molar-refractivity contribution is 7.99. The van der Waals surface area contributed by atoms with E-state index in [0.29, 0.717) is 30.0 Å². The van der Waals surface area contributed by atoms with Crippen LogP contribution in [0.4, 0.5) is 5.95 Å². The number of benzene rings is 1. The van der Waals surface area contributed by atoms with Gasteiger partial charge in [0.2, 0.25) is 5.95 Å². The number of hydrogen-bond acceptors (Lipinski definition) is 6. The van der Waals surface area contributed by atoms with Crippen LogP contribution in [0.25, 0.3) is 11.3 Å². The number of nitrogens with one attached hydrogen (secondary N) is 1. The number of aromatic nitrogens is 2. The summed E-state index contributed by atoms with van der Waals surface area (Å²) in [5, 5.41) is 12.7. The second kappa shape index (κ2) is 7.53. The van der Waals surface area contributed by atoms with Gasteiger partial charge in [-0.3, -0.25) is 0 Å². The summed E-state index contributed by atoms with van der Waals surface area (Å²) in [6, 6.07) is 7.24. The van der Waals surface area contributed by atoms with Gasteiger partial charge < -0.3 is 15.2 Å². The van der Waals surface area contributed by atoms with Crippen molar-refractivity contribution in [2.24, 2.45) is 0 Å². The van der Waals surface area contributed by atoms with E-state index in [1.54, 1.807) is 24.4 Å². The van der Waals surface area contributed by atoms with Gasteiger partial charge in [-0.05, 0) is 43.4 Å². The summed E-state index contributed by atoms with van der Waals surface area (Å²) in [6.45, 7) is 2.24. The standard InChI is InChI=1S/C17H19N3O3S/c1-2-23-15-4-3-11(9-13(15)16(21)22)14-5-7-18-17(20-14)19-12-6-8-24-10-12/h3-5,7,9,12H,2,6,8,10H2,1H3,(H,21,22)(H,18,19,20)/t12-/m0/s1. The molecule has 0 saturated carbocycles. The van der Waals surface area contributed by atoms with E-state index in [-0.39, 0.29) is 5.56 Å². The molecular formula is C17H19N3O3S. The van der Waals surface area contributed by atoms with E-state index in [0.717, 1.165) is 23.5 Å². The molecule has 7 heteroatoms. The van der Waals surface area contributed by atoms with Crippen molar-refractivity contribution in [1.82, 2.24) is 9.97 Å². The molecule has 0 radical (unpaired) electrons. The van der Waals surface area contributed by atoms with Crippen LogP contribution in [0.5, 0.6) is 5.75 Å². The number of carbonyl (C=O) groups is 1. The molecule has 126 valence electrons. The number of anilines is 1. The predicted molar refractivity (Wildman–Crippen MR) is 94.9 cm³/mol. The van der Waals surface area contributed by atoms with E-state index in [1.807, 2.05) is 24.8 Å². The van der Waals surface area contributed by atoms with Crippen LogP contribution in [0.1, 0.15) is 23.7 Å². The lowest BCUT2D eigenvalue weighted by Gasteiger charge is -2.12. The molecule has 0 spiro atoms. The Hall–Kier alpha value is -2.28. The van der Waals surface area contributed by atoms with Crippen molar-refractivity contribution in [3.8, 4) is 17.0 Å². The number of aromatic carboxylic acids is 1. The van der Waals surface area contributed by atoms with E-state index in [4.69, 9.17) is 4.74 Å². The Bertz CT molecular complexity index is 733. The number of thioether (sulfide) groups is 1. The Morgan fingerprint density at radius 3 is 3.04 bits per heavy atom. The zero-order valence-electron chi connectivity index (χ0n) is 13.4. The molecule has 0 unspecified atom stereocenters. The van der Waals surface area contributed by atoms with Crippen LogP contribution in [0, 0.1) is 0 Å². The summed E-state index contributed by atoms with van der Waals surface area (Å²) in [4.78, 5) is 20.2. The number of ether oxygens (including phenoxy) is 1. The third-order valence-corrected chi connectivity index (χ3v) is 4.89. The van der Waals surface area contributed by atoms with Gasteiger partial charge in [-0.15, -0.1) is 0 Å². The SMILES string of the molecule is CCOc1ccc(-c2ccnc(N[C@H]3CCSC3)n2)cc1C(=O)O. The first-order valence-electron chi connectivity index (χ1n) is 7.85. The molecule has 2 heterocycles. The minimum Gasteiger partial charge on any atom is -0.493 e. The second-order valence-electron chi connectivity index (χ2n) is 5.42. The van der Waals surface area contributed by atoms with Crippen molar-refractivity contribution >= 4 is 23.7 Å². The molecule has 1 aliphatic heterocycles. The molecule has 24 heavy (non-hydrogen) atoms. The molecule has 1 atom stereocenters. The first-order valence-corrected chi connectivity index (χ1v) is 9.00. The van der Waals surface area contributed by atoms with Crippen LogP contribution >= 0.6 is 11.8 Å². The van der Waals surface area contributed by atoms with Crippen LogP contribution in [-0.4, -0.2) is 45.2 Å². The van der Waals surface area contributed by atoms with Crippen LogP contribution in [0.3, 0.4) is 0 Å². The molecule has 0 bridgehead atoms. The fourth-order valence-electron chi connectivity index (χ4n) is 2.56. The lowest BCUT2D eigenvalue weighted by molar-refractivity contribution is 0.0692. The Labute approximate surface area is 144 Å². The second-order valence-corrected chi connectivity index (χ2v) is 6.57. The third-order valence-electron chi connectivity index (χ3n) is 3.72. The maximum Gasteiger partial charge on any atom is 0.339 e. The van der Waals surface area contributed by atoms with Crippen LogP contribution in [0.2, 0.25) is 0 Å². The van der Waals surface area contributed by atoms with Crippen molar-refractivity contribution in [1.29, 1.82) is 0 Å². The van der Waals surface area contributed by atoms with E-state index in [9.17, 15) is 9.90 Å². The number of carboxylic acids is 1. The summed E-state index contributed by atoms with van der Waals surface area (Å²) in [5.41, 5.74) is 1.54. The topological polar surface area (TPSA) is 84.3 Å². The normalized spacial score (nSPS) is 16.8. The quantitative estimate of drug-likeness (QED) is 0.832. The van der Waals surface area contributed by atoms with Gasteiger partial charge in [-0.25, -0.2) is 14.8 Å². The smallest absolute Gasteiger partial charge is 0.339 e. The molecule has 3 rings (SSSR count). The average molecular weight is 345 g/mol. The van der Waals surface area contributed by atoms with Gasteiger partial charge in [0.05, 0.1) is 12.3 Å². The van der Waals surface area contributed by atoms with Gasteiger partial charge in [0.25, 0.3) is 0 Å². The molecule has 0 aliphatic carbocycles. The summed E-state index contributed by atoms with van der Waals surface area (Å²) in [6.07, 6.45) is 2.79. The van der Waals surface area contributed by atoms with Gasteiger partial charge >= 0.3 is 5.97 Å². The average Bonchev–Trinajstić information content (AvgIpc) is 3.08. The Morgan fingerprint density at radius 2 is 2.33 bits per heavy atom. The fourth-order valence-corrected chi connectivity index (χ4v) is 3.71. The van der Waals surface area contributed by atoms with Crippen molar-refractivity contribution < 1.29 is 14.6 Å². The molecule has 1 fully saturated rings.